The number of pyridine rings is 1. The fraction of sp³-hybridized carbons (Fsp3) is 0.429. The molecule has 1 atom stereocenters. The van der Waals surface area contributed by atoms with Crippen LogP contribution in [0, 0.1) is 5.82 Å². The van der Waals surface area contributed by atoms with Crippen LogP contribution < -0.4 is 22.1 Å². The summed E-state index contributed by atoms with van der Waals surface area (Å²) in [7, 11) is 1.25. The number of aryl methyl sites for hydroxylation is 1. The molecule has 0 aromatic carbocycles. The van der Waals surface area contributed by atoms with Crippen LogP contribution in [0.4, 0.5) is 26.3 Å². The van der Waals surface area contributed by atoms with Crippen molar-refractivity contribution in [2.75, 3.05) is 0 Å². The van der Waals surface area contributed by atoms with E-state index in [9.17, 15) is 35.9 Å². The van der Waals surface area contributed by atoms with Gasteiger partial charge in [0.2, 0.25) is 5.91 Å². The van der Waals surface area contributed by atoms with E-state index < -0.39 is 47.3 Å². The van der Waals surface area contributed by atoms with Gasteiger partial charge in [-0.2, -0.15) is 32.1 Å². The highest BCUT2D eigenvalue weighted by Crippen LogP contribution is 2.32. The Kier molecular flexibility index (Phi) is 7.83. The number of hydrogen-bond acceptors (Lipinski definition) is 6. The lowest BCUT2D eigenvalue weighted by Gasteiger charge is -2.29. The van der Waals surface area contributed by atoms with E-state index in [2.05, 4.69) is 20.9 Å². The predicted octanol–water partition coefficient (Wildman–Crippen LogP) is 1.97. The number of nitrogens with zero attached hydrogens (tertiary/aromatic N) is 5. The Morgan fingerprint density at radius 3 is 2.41 bits per heavy atom. The zero-order chi connectivity index (χ0) is 27.7. The van der Waals surface area contributed by atoms with Gasteiger partial charge in [0.1, 0.15) is 6.04 Å². The van der Waals surface area contributed by atoms with Crippen LogP contribution in [0.3, 0.4) is 0 Å². The lowest BCUT2D eigenvalue weighted by molar-refractivity contribution is -0.141. The van der Waals surface area contributed by atoms with E-state index in [4.69, 9.17) is 5.84 Å². The summed E-state index contributed by atoms with van der Waals surface area (Å²) in [5.74, 6) is 3.62. The molecule has 0 aliphatic rings. The van der Waals surface area contributed by atoms with E-state index in [0.717, 1.165) is 27.7 Å². The number of nitrogens with two attached hydrogens (primary N) is 1. The van der Waals surface area contributed by atoms with Crippen LogP contribution >= 0.6 is 0 Å². The second kappa shape index (κ2) is 10.4. The van der Waals surface area contributed by atoms with Crippen LogP contribution in [0.1, 0.15) is 31.7 Å². The Hall–Kier alpha value is -3.66. The van der Waals surface area contributed by atoms with Crippen LogP contribution in [0.25, 0.3) is 11.3 Å². The molecule has 37 heavy (non-hydrogen) atoms. The number of hydrogen-bond donors (Lipinski definition) is 3. The molecule has 10 nitrogen and oxygen atoms in total. The van der Waals surface area contributed by atoms with Crippen molar-refractivity contribution in [1.29, 1.82) is 0 Å². The largest absolute Gasteiger partial charge is 0.435 e. The molecule has 3 heterocycles. The summed E-state index contributed by atoms with van der Waals surface area (Å²) in [4.78, 5) is 24.5. The van der Waals surface area contributed by atoms with Gasteiger partial charge >= 0.3 is 12.7 Å². The lowest BCUT2D eigenvalue weighted by Crippen LogP contribution is -2.55. The average molecular weight is 534 g/mol. The first-order valence-corrected chi connectivity index (χ1v) is 10.7. The predicted molar refractivity (Wildman–Crippen MR) is 118 cm³/mol. The van der Waals surface area contributed by atoms with Crippen molar-refractivity contribution in [3.63, 3.8) is 0 Å². The number of halogens is 6. The minimum atomic E-state index is -4.82. The molecule has 0 unspecified atom stereocenters. The number of aromatic nitrogens is 5. The van der Waals surface area contributed by atoms with E-state index in [-0.39, 0.29) is 29.8 Å². The first-order valence-electron chi connectivity index (χ1n) is 10.7. The Morgan fingerprint density at radius 2 is 1.86 bits per heavy atom. The first-order chi connectivity index (χ1) is 17.1. The smallest absolute Gasteiger partial charge is 0.348 e. The third kappa shape index (κ3) is 6.56. The van der Waals surface area contributed by atoms with E-state index in [1.54, 1.807) is 0 Å². The second-order valence-corrected chi connectivity index (χ2v) is 8.97. The maximum atomic E-state index is 14.1. The van der Waals surface area contributed by atoms with Crippen molar-refractivity contribution < 1.29 is 31.1 Å². The zero-order valence-electron chi connectivity index (χ0n) is 19.9. The highest BCUT2D eigenvalue weighted by atomic mass is 19.4. The van der Waals surface area contributed by atoms with Crippen molar-refractivity contribution in [3.8, 4) is 11.3 Å². The molecule has 0 aliphatic carbocycles. The summed E-state index contributed by atoms with van der Waals surface area (Å²) in [6.07, 6.45) is -1.56. The molecular formula is C21H24F6N8O2. The van der Waals surface area contributed by atoms with Gasteiger partial charge in [-0.05, 0) is 31.5 Å². The minimum absolute atomic E-state index is 0.0396. The summed E-state index contributed by atoms with van der Waals surface area (Å²) < 4.78 is 82.0. The third-order valence-corrected chi connectivity index (χ3v) is 5.32. The zero-order valence-corrected chi connectivity index (χ0v) is 19.9. The molecule has 3 aromatic heterocycles. The van der Waals surface area contributed by atoms with Gasteiger partial charge in [0.15, 0.2) is 11.5 Å². The first kappa shape index (κ1) is 27.9. The normalized spacial score (nSPS) is 13.3. The molecular weight excluding hydrogens is 510 g/mol. The molecule has 0 saturated carbocycles. The summed E-state index contributed by atoms with van der Waals surface area (Å²) in [6, 6.07) is 0.424. The number of nitrogens with one attached hydrogen (secondary N) is 2. The van der Waals surface area contributed by atoms with Crippen LogP contribution in [0.2, 0.25) is 0 Å². The van der Waals surface area contributed by atoms with E-state index in [1.807, 2.05) is 0 Å². The molecule has 16 heteroatoms. The summed E-state index contributed by atoms with van der Waals surface area (Å²) >= 11 is 0. The minimum Gasteiger partial charge on any atom is -0.348 e. The van der Waals surface area contributed by atoms with Crippen LogP contribution in [-0.4, -0.2) is 41.6 Å². The van der Waals surface area contributed by atoms with Crippen molar-refractivity contribution in [3.05, 3.63) is 58.2 Å². The van der Waals surface area contributed by atoms with Crippen molar-refractivity contribution in [2.45, 2.75) is 51.1 Å². The van der Waals surface area contributed by atoms with Crippen LogP contribution in [-0.2, 0) is 31.0 Å². The van der Waals surface area contributed by atoms with Gasteiger partial charge in [-0.25, -0.2) is 14.5 Å². The van der Waals surface area contributed by atoms with Crippen molar-refractivity contribution in [2.24, 2.45) is 12.9 Å². The quantitative estimate of drug-likeness (QED) is 0.219. The molecule has 3 rings (SSSR count). The number of carbonyl (C=O) groups is 1. The van der Waals surface area contributed by atoms with Gasteiger partial charge in [0, 0.05) is 31.4 Å². The number of hydrazine groups is 1. The average Bonchev–Trinajstić information content (AvgIpc) is 3.42. The van der Waals surface area contributed by atoms with Gasteiger partial charge in [0.25, 0.3) is 5.56 Å². The number of rotatable bonds is 9. The van der Waals surface area contributed by atoms with E-state index in [1.165, 1.54) is 27.1 Å². The summed E-state index contributed by atoms with van der Waals surface area (Å²) in [6.45, 7) is -0.146. The summed E-state index contributed by atoms with van der Waals surface area (Å²) in [5.41, 5.74) is -1.05. The number of alkyl halides is 5. The number of carbonyl (C=O) groups excluding carboxylic acids is 1. The van der Waals surface area contributed by atoms with Gasteiger partial charge in [-0.1, -0.05) is 0 Å². The maximum absolute atomic E-state index is 14.1. The summed E-state index contributed by atoms with van der Waals surface area (Å²) in [5, 5.41) is 9.71. The van der Waals surface area contributed by atoms with Crippen molar-refractivity contribution in [1.82, 2.24) is 34.9 Å². The molecule has 0 fully saturated rings. The Balaban J connectivity index is 1.86. The van der Waals surface area contributed by atoms with Crippen LogP contribution in [0.15, 0.2) is 35.5 Å². The van der Waals surface area contributed by atoms with Crippen molar-refractivity contribution >= 4 is 5.91 Å². The fourth-order valence-electron chi connectivity index (χ4n) is 3.61. The number of amides is 1. The molecule has 0 spiro atoms. The Morgan fingerprint density at radius 1 is 1.19 bits per heavy atom. The van der Waals surface area contributed by atoms with E-state index in [0.29, 0.717) is 10.7 Å². The van der Waals surface area contributed by atoms with Gasteiger partial charge in [0.05, 0.1) is 24.0 Å². The molecule has 0 saturated heterocycles. The van der Waals surface area contributed by atoms with Crippen LogP contribution in [0.5, 0.6) is 0 Å². The molecule has 4 N–H and O–H groups in total. The molecule has 0 aliphatic heterocycles. The maximum Gasteiger partial charge on any atom is 0.435 e. The van der Waals surface area contributed by atoms with Gasteiger partial charge in [-0.3, -0.25) is 20.1 Å². The third-order valence-electron chi connectivity index (χ3n) is 5.32. The molecule has 3 aromatic rings. The lowest BCUT2D eigenvalue weighted by atomic mass is 10.0. The molecule has 1 amide bonds. The van der Waals surface area contributed by atoms with Gasteiger partial charge < -0.3 is 9.88 Å². The topological polar surface area (TPSA) is 125 Å². The Labute approximate surface area is 206 Å². The molecule has 0 radical (unpaired) electrons. The highest BCUT2D eigenvalue weighted by molar-refractivity contribution is 5.82. The fourth-order valence-corrected chi connectivity index (χ4v) is 3.61. The highest BCUT2D eigenvalue weighted by Gasteiger charge is 2.36. The monoisotopic (exact) mass is 534 g/mol. The standard InChI is InChI=1S/C21H24F6N8O2/c1-20(2,30-17(36)14(31-28)4-11-7-29-34(8-11)19(23)24)10-35-15(6-16(32-35)21(25,26)27)12-5-13(22)18(37)33(3)9-12/h5-9,14,19,31H,4,10,28H2,1-3H3,(H,30,36)/t14-/m1/s1. The van der Waals surface area contributed by atoms with E-state index >= 15 is 0 Å². The van der Waals surface area contributed by atoms with Gasteiger partial charge in [-0.15, -0.1) is 0 Å². The molecule has 0 bridgehead atoms. The second-order valence-electron chi connectivity index (χ2n) is 8.97. The molecule has 202 valence electrons. The SMILES string of the molecule is Cn1cc(-c2cc(C(F)(F)F)nn2CC(C)(C)NC(=O)[C@@H](Cc2cnn(C(F)F)c2)NN)cc(F)c1=O. The Bertz CT molecular complexity index is 1300.